The minimum absolute atomic E-state index is 0.165. The summed E-state index contributed by atoms with van der Waals surface area (Å²) in [4.78, 5) is 15.6. The van der Waals surface area contributed by atoms with Crippen molar-refractivity contribution < 1.29 is 4.79 Å². The van der Waals surface area contributed by atoms with E-state index in [2.05, 4.69) is 48.2 Å². The molecule has 2 aliphatic carbocycles. The summed E-state index contributed by atoms with van der Waals surface area (Å²) in [5.74, 6) is 0.538. The third-order valence-corrected chi connectivity index (χ3v) is 7.78. The number of nitrogens with two attached hydrogens (primary N) is 1. The third-order valence-electron chi connectivity index (χ3n) is 7.78. The molecule has 3 aliphatic rings. The number of likely N-dealkylation sites (tertiary alicyclic amines) is 1. The molecule has 1 amide bonds. The van der Waals surface area contributed by atoms with E-state index < -0.39 is 5.41 Å². The van der Waals surface area contributed by atoms with Crippen molar-refractivity contribution in [1.29, 1.82) is 0 Å². The van der Waals surface area contributed by atoms with Crippen LogP contribution in [-0.4, -0.2) is 29.9 Å². The van der Waals surface area contributed by atoms with E-state index >= 15 is 0 Å². The third kappa shape index (κ3) is 2.40. The molecule has 1 heterocycles. The number of hydrogen-bond acceptors (Lipinski definition) is 2. The first-order valence-corrected chi connectivity index (χ1v) is 10.7. The molecule has 1 saturated carbocycles. The van der Waals surface area contributed by atoms with Crippen molar-refractivity contribution in [3.8, 4) is 0 Å². The van der Waals surface area contributed by atoms with Crippen LogP contribution in [0.25, 0.3) is 10.8 Å². The number of primary amides is 1. The van der Waals surface area contributed by atoms with Crippen LogP contribution in [0.5, 0.6) is 0 Å². The van der Waals surface area contributed by atoms with E-state index in [4.69, 9.17) is 5.73 Å². The largest absolute Gasteiger partial charge is 0.369 e. The zero-order valence-electron chi connectivity index (χ0n) is 16.3. The number of rotatable bonds is 3. The Morgan fingerprint density at radius 3 is 2.48 bits per heavy atom. The molecule has 5 rings (SSSR count). The average Bonchev–Trinajstić information content (AvgIpc) is 3.30. The molecule has 27 heavy (non-hydrogen) atoms. The fourth-order valence-electron chi connectivity index (χ4n) is 6.54. The number of amides is 1. The van der Waals surface area contributed by atoms with Gasteiger partial charge in [-0.05, 0) is 73.5 Å². The van der Waals surface area contributed by atoms with Crippen molar-refractivity contribution in [3.63, 3.8) is 0 Å². The monoisotopic (exact) mass is 362 g/mol. The first-order valence-electron chi connectivity index (χ1n) is 10.7. The Balaban J connectivity index is 1.68. The molecule has 3 nitrogen and oxygen atoms in total. The fourth-order valence-corrected chi connectivity index (χ4v) is 6.54. The van der Waals surface area contributed by atoms with Gasteiger partial charge in [-0.2, -0.15) is 0 Å². The van der Waals surface area contributed by atoms with Crippen molar-refractivity contribution in [1.82, 2.24) is 4.90 Å². The van der Waals surface area contributed by atoms with E-state index in [1.54, 1.807) is 0 Å². The van der Waals surface area contributed by atoms with Crippen molar-refractivity contribution in [2.45, 2.75) is 62.8 Å². The topological polar surface area (TPSA) is 46.3 Å². The van der Waals surface area contributed by atoms with E-state index in [-0.39, 0.29) is 11.8 Å². The molecule has 2 N–H and O–H groups in total. The first-order chi connectivity index (χ1) is 13.1. The molecule has 2 fully saturated rings. The molecule has 142 valence electrons. The Hall–Kier alpha value is -1.87. The van der Waals surface area contributed by atoms with Crippen molar-refractivity contribution in [3.05, 3.63) is 47.5 Å². The van der Waals surface area contributed by atoms with E-state index in [0.29, 0.717) is 12.0 Å². The standard InChI is InChI=1S/C24H30N2O/c1-24(23(25)27)19-12-7-9-16-8-6-11-18(21(16)19)22(24)17-10-2-3-13-20(17)26-14-4-5-15-26/h6-9,11-12,17,20,22H,2-5,10,13-15H2,1H3,(H2,25,27). The van der Waals surface area contributed by atoms with E-state index in [1.165, 1.54) is 68.0 Å². The number of carbonyl (C=O) groups excluding carboxylic acids is 1. The van der Waals surface area contributed by atoms with Gasteiger partial charge in [-0.1, -0.05) is 49.2 Å². The van der Waals surface area contributed by atoms with Gasteiger partial charge in [0.2, 0.25) is 5.91 Å². The second kappa shape index (κ2) is 6.34. The van der Waals surface area contributed by atoms with Gasteiger partial charge in [0.15, 0.2) is 0 Å². The van der Waals surface area contributed by atoms with Crippen LogP contribution in [-0.2, 0) is 10.2 Å². The Kier molecular flexibility index (Phi) is 4.05. The number of nitrogens with zero attached hydrogens (tertiary/aromatic N) is 1. The maximum atomic E-state index is 12.9. The maximum Gasteiger partial charge on any atom is 0.228 e. The molecule has 1 saturated heterocycles. The Morgan fingerprint density at radius 2 is 1.74 bits per heavy atom. The van der Waals surface area contributed by atoms with Crippen LogP contribution in [0.15, 0.2) is 36.4 Å². The van der Waals surface area contributed by atoms with Gasteiger partial charge in [-0.25, -0.2) is 0 Å². The Bertz CT molecular complexity index is 880. The molecular formula is C24H30N2O. The van der Waals surface area contributed by atoms with Crippen LogP contribution in [0.1, 0.15) is 62.5 Å². The molecule has 2 aromatic rings. The van der Waals surface area contributed by atoms with Gasteiger partial charge >= 0.3 is 0 Å². The van der Waals surface area contributed by atoms with Gasteiger partial charge in [0.1, 0.15) is 0 Å². The van der Waals surface area contributed by atoms with Crippen molar-refractivity contribution in [2.24, 2.45) is 11.7 Å². The second-order valence-corrected chi connectivity index (χ2v) is 9.05. The van der Waals surface area contributed by atoms with Gasteiger partial charge in [-0.15, -0.1) is 0 Å². The number of benzene rings is 2. The highest BCUT2D eigenvalue weighted by Crippen LogP contribution is 2.57. The summed E-state index contributed by atoms with van der Waals surface area (Å²) in [6.07, 6.45) is 7.69. The number of carbonyl (C=O) groups is 1. The van der Waals surface area contributed by atoms with Gasteiger partial charge < -0.3 is 10.6 Å². The minimum Gasteiger partial charge on any atom is -0.369 e. The molecule has 0 spiro atoms. The van der Waals surface area contributed by atoms with Gasteiger partial charge in [0.25, 0.3) is 0 Å². The van der Waals surface area contributed by atoms with Crippen LogP contribution < -0.4 is 5.73 Å². The predicted octanol–water partition coefficient (Wildman–Crippen LogP) is 4.33. The van der Waals surface area contributed by atoms with Crippen LogP contribution in [0.2, 0.25) is 0 Å². The van der Waals surface area contributed by atoms with Gasteiger partial charge in [0.05, 0.1) is 5.41 Å². The molecule has 4 unspecified atom stereocenters. The maximum absolute atomic E-state index is 12.9. The van der Waals surface area contributed by atoms with Crippen molar-refractivity contribution in [2.75, 3.05) is 13.1 Å². The van der Waals surface area contributed by atoms with Crippen LogP contribution in [0.3, 0.4) is 0 Å². The lowest BCUT2D eigenvalue weighted by atomic mass is 9.63. The normalized spacial score (nSPS) is 33.6. The summed E-state index contributed by atoms with van der Waals surface area (Å²) in [6.45, 7) is 4.56. The molecule has 0 aromatic heterocycles. The lowest BCUT2D eigenvalue weighted by Gasteiger charge is -2.45. The lowest BCUT2D eigenvalue weighted by molar-refractivity contribution is -0.124. The number of hydrogen-bond donors (Lipinski definition) is 1. The van der Waals surface area contributed by atoms with E-state index in [0.717, 1.165) is 5.56 Å². The summed E-state index contributed by atoms with van der Waals surface area (Å²) in [5, 5.41) is 2.53. The Labute approximate surface area is 161 Å². The molecule has 0 radical (unpaired) electrons. The van der Waals surface area contributed by atoms with E-state index in [1.807, 2.05) is 0 Å². The summed E-state index contributed by atoms with van der Waals surface area (Å²) >= 11 is 0. The zero-order chi connectivity index (χ0) is 18.6. The lowest BCUT2D eigenvalue weighted by Crippen LogP contribution is -2.50. The smallest absolute Gasteiger partial charge is 0.228 e. The highest BCUT2D eigenvalue weighted by atomic mass is 16.1. The summed E-state index contributed by atoms with van der Waals surface area (Å²) in [6, 6.07) is 13.6. The molecule has 4 atom stereocenters. The second-order valence-electron chi connectivity index (χ2n) is 9.05. The first kappa shape index (κ1) is 17.2. The molecular weight excluding hydrogens is 332 g/mol. The van der Waals surface area contributed by atoms with Crippen LogP contribution >= 0.6 is 0 Å². The average molecular weight is 363 g/mol. The quantitative estimate of drug-likeness (QED) is 0.883. The van der Waals surface area contributed by atoms with Crippen molar-refractivity contribution >= 4 is 16.7 Å². The van der Waals surface area contributed by atoms with Crippen LogP contribution in [0, 0.1) is 5.92 Å². The van der Waals surface area contributed by atoms with Gasteiger partial charge in [-0.3, -0.25) is 4.79 Å². The molecule has 1 aliphatic heterocycles. The Morgan fingerprint density at radius 1 is 1.04 bits per heavy atom. The van der Waals surface area contributed by atoms with Gasteiger partial charge in [0, 0.05) is 12.0 Å². The zero-order valence-corrected chi connectivity index (χ0v) is 16.3. The SMILES string of the molecule is CC1(C(N)=O)c2cccc3cccc(c23)C1C1CCCCC1N1CCCC1. The molecule has 0 bridgehead atoms. The van der Waals surface area contributed by atoms with E-state index in [9.17, 15) is 4.79 Å². The fraction of sp³-hybridized carbons (Fsp3) is 0.542. The summed E-state index contributed by atoms with van der Waals surface area (Å²) in [5.41, 5.74) is 8.04. The highest BCUT2D eigenvalue weighted by molar-refractivity contribution is 6.01. The predicted molar refractivity (Wildman–Crippen MR) is 110 cm³/mol. The summed E-state index contributed by atoms with van der Waals surface area (Å²) < 4.78 is 0. The molecule has 2 aromatic carbocycles. The van der Waals surface area contributed by atoms with Crippen LogP contribution in [0.4, 0.5) is 0 Å². The minimum atomic E-state index is -0.608. The highest BCUT2D eigenvalue weighted by Gasteiger charge is 2.53. The molecule has 3 heteroatoms. The summed E-state index contributed by atoms with van der Waals surface area (Å²) in [7, 11) is 0.